The number of hydrogen-bond donors (Lipinski definition) is 1. The van der Waals surface area contributed by atoms with Gasteiger partial charge in [-0.25, -0.2) is 0 Å². The predicted octanol–water partition coefficient (Wildman–Crippen LogP) is 1.43. The average Bonchev–Trinajstić information content (AvgIpc) is 3.06. The topological polar surface area (TPSA) is 66.5 Å². The monoisotopic (exact) mass is 359 g/mol. The van der Waals surface area contributed by atoms with Gasteiger partial charge in [-0.15, -0.1) is 0 Å². The van der Waals surface area contributed by atoms with Gasteiger partial charge in [-0.05, 0) is 39.6 Å². The number of rotatable bonds is 6. The van der Waals surface area contributed by atoms with Crippen LogP contribution in [-0.4, -0.2) is 62.2 Å². The van der Waals surface area contributed by atoms with Crippen LogP contribution in [0.3, 0.4) is 0 Å². The van der Waals surface area contributed by atoms with Gasteiger partial charge in [-0.1, -0.05) is 0 Å². The molecule has 3 rings (SSSR count). The molecule has 1 aliphatic rings. The van der Waals surface area contributed by atoms with E-state index in [1.54, 1.807) is 6.92 Å². The molecule has 0 bridgehead atoms. The lowest BCUT2D eigenvalue weighted by molar-refractivity contribution is 0.101. The first-order valence-corrected chi connectivity index (χ1v) is 9.11. The van der Waals surface area contributed by atoms with Gasteiger partial charge in [0.1, 0.15) is 6.10 Å². The summed E-state index contributed by atoms with van der Waals surface area (Å²) < 4.78 is 4.06. The Balaban J connectivity index is 1.73. The second kappa shape index (κ2) is 7.73. The number of nitrogens with zero attached hydrogens (tertiary/aromatic N) is 5. The van der Waals surface area contributed by atoms with Crippen LogP contribution in [0.5, 0.6) is 0 Å². The van der Waals surface area contributed by atoms with Gasteiger partial charge in [0.25, 0.3) is 0 Å². The fourth-order valence-electron chi connectivity index (χ4n) is 3.48. The molecular weight excluding hydrogens is 330 g/mol. The van der Waals surface area contributed by atoms with Crippen molar-refractivity contribution in [3.05, 3.63) is 41.0 Å². The third-order valence-corrected chi connectivity index (χ3v) is 4.89. The van der Waals surface area contributed by atoms with Crippen molar-refractivity contribution in [3.8, 4) is 0 Å². The van der Waals surface area contributed by atoms with Crippen molar-refractivity contribution in [1.82, 2.24) is 24.1 Å². The maximum atomic E-state index is 11.6. The van der Waals surface area contributed by atoms with Gasteiger partial charge in [0.05, 0.1) is 11.4 Å². The molecule has 0 radical (unpaired) electrons. The van der Waals surface area contributed by atoms with E-state index < -0.39 is 6.10 Å². The Labute approximate surface area is 154 Å². The molecule has 0 saturated heterocycles. The number of Topliss-reactive ketones (excluding diaryl/α,β-unsaturated/α-hetero) is 1. The van der Waals surface area contributed by atoms with Crippen LogP contribution in [-0.2, 0) is 26.7 Å². The number of carbonyl (C=O) groups excluding carboxylic acids is 1. The summed E-state index contributed by atoms with van der Waals surface area (Å²) in [6.07, 6.45) is 2.35. The lowest BCUT2D eigenvalue weighted by Crippen LogP contribution is -2.24. The van der Waals surface area contributed by atoms with Crippen LogP contribution >= 0.6 is 0 Å². The van der Waals surface area contributed by atoms with E-state index in [2.05, 4.69) is 10.00 Å². The summed E-state index contributed by atoms with van der Waals surface area (Å²) in [5, 5.41) is 14.9. The minimum atomic E-state index is -0.566. The van der Waals surface area contributed by atoms with Crippen molar-refractivity contribution >= 4 is 5.78 Å². The van der Waals surface area contributed by atoms with E-state index in [1.807, 2.05) is 53.6 Å². The van der Waals surface area contributed by atoms with E-state index in [-0.39, 0.29) is 5.78 Å². The maximum absolute atomic E-state index is 11.6. The van der Waals surface area contributed by atoms with Crippen molar-refractivity contribution in [2.24, 2.45) is 7.05 Å². The number of likely N-dealkylation sites (N-methyl/N-ethyl adjacent to an activating group) is 1. The Morgan fingerprint density at radius 3 is 2.77 bits per heavy atom. The summed E-state index contributed by atoms with van der Waals surface area (Å²) in [7, 11) is 5.88. The molecule has 3 heterocycles. The van der Waals surface area contributed by atoms with Crippen LogP contribution in [0.2, 0.25) is 0 Å². The second-order valence-corrected chi connectivity index (χ2v) is 7.51. The van der Waals surface area contributed by atoms with Gasteiger partial charge < -0.3 is 14.6 Å². The van der Waals surface area contributed by atoms with Crippen LogP contribution in [0.4, 0.5) is 0 Å². The number of aliphatic hydroxyl groups is 1. The SMILES string of the molecule is CC(=O)c1cc(CN2CCCn3nc([C@H](O)CN(C)C)cc3C2)n(C)c1. The van der Waals surface area contributed by atoms with E-state index in [1.165, 1.54) is 0 Å². The third-order valence-electron chi connectivity index (χ3n) is 4.89. The van der Waals surface area contributed by atoms with Crippen molar-refractivity contribution in [1.29, 1.82) is 0 Å². The molecule has 7 nitrogen and oxygen atoms in total. The number of aryl methyl sites for hydroxylation is 2. The van der Waals surface area contributed by atoms with Crippen LogP contribution in [0.25, 0.3) is 0 Å². The molecule has 0 aromatic carbocycles. The number of fused-ring (bicyclic) bond motifs is 1. The Morgan fingerprint density at radius 1 is 1.35 bits per heavy atom. The average molecular weight is 359 g/mol. The Morgan fingerprint density at radius 2 is 2.12 bits per heavy atom. The summed E-state index contributed by atoms with van der Waals surface area (Å²) >= 11 is 0. The van der Waals surface area contributed by atoms with E-state index >= 15 is 0 Å². The maximum Gasteiger partial charge on any atom is 0.161 e. The van der Waals surface area contributed by atoms with Gasteiger partial charge in [0, 0.05) is 57.2 Å². The first-order valence-electron chi connectivity index (χ1n) is 9.11. The minimum absolute atomic E-state index is 0.0975. The molecule has 0 aliphatic carbocycles. The molecule has 7 heteroatoms. The summed E-state index contributed by atoms with van der Waals surface area (Å²) in [6.45, 7) is 5.61. The fourth-order valence-corrected chi connectivity index (χ4v) is 3.48. The summed E-state index contributed by atoms with van der Waals surface area (Å²) in [4.78, 5) is 15.9. The Bertz CT molecular complexity index is 777. The first kappa shape index (κ1) is 18.8. The third kappa shape index (κ3) is 4.23. The highest BCUT2D eigenvalue weighted by atomic mass is 16.3. The lowest BCUT2D eigenvalue weighted by Gasteiger charge is -2.19. The van der Waals surface area contributed by atoms with E-state index in [0.717, 1.165) is 55.2 Å². The number of aliphatic hydroxyl groups excluding tert-OH is 1. The largest absolute Gasteiger partial charge is 0.385 e. The van der Waals surface area contributed by atoms with Crippen molar-refractivity contribution in [2.75, 3.05) is 27.2 Å². The van der Waals surface area contributed by atoms with Gasteiger partial charge in [-0.3, -0.25) is 14.4 Å². The Kier molecular flexibility index (Phi) is 5.60. The molecule has 0 spiro atoms. The van der Waals surface area contributed by atoms with E-state index in [9.17, 15) is 9.90 Å². The zero-order chi connectivity index (χ0) is 18.8. The smallest absolute Gasteiger partial charge is 0.161 e. The molecule has 142 valence electrons. The summed E-state index contributed by atoms with van der Waals surface area (Å²) in [5.41, 5.74) is 3.78. The van der Waals surface area contributed by atoms with Crippen LogP contribution in [0.15, 0.2) is 18.3 Å². The highest BCUT2D eigenvalue weighted by molar-refractivity contribution is 5.94. The van der Waals surface area contributed by atoms with Crippen LogP contribution in [0, 0.1) is 0 Å². The zero-order valence-corrected chi connectivity index (χ0v) is 16.1. The molecule has 1 atom stereocenters. The molecular formula is C19H29N5O2. The standard InChI is InChI=1S/C19H29N5O2/c1-14(25)15-8-16(22(4)10-15)11-23-6-5-7-24-17(12-23)9-18(20-24)19(26)13-21(2)3/h8-10,19,26H,5-7,11-13H2,1-4H3/t19-/m1/s1. The normalized spacial score (nSPS) is 16.5. The van der Waals surface area contributed by atoms with Crippen molar-refractivity contribution in [2.45, 2.75) is 39.1 Å². The molecule has 0 unspecified atom stereocenters. The lowest BCUT2D eigenvalue weighted by atomic mass is 10.2. The van der Waals surface area contributed by atoms with Gasteiger partial charge >= 0.3 is 0 Å². The molecule has 26 heavy (non-hydrogen) atoms. The predicted molar refractivity (Wildman–Crippen MR) is 99.9 cm³/mol. The number of carbonyl (C=O) groups is 1. The van der Waals surface area contributed by atoms with E-state index in [0.29, 0.717) is 6.54 Å². The molecule has 0 fully saturated rings. The highest BCUT2D eigenvalue weighted by Crippen LogP contribution is 2.20. The molecule has 1 aliphatic heterocycles. The molecule has 1 N–H and O–H groups in total. The minimum Gasteiger partial charge on any atom is -0.385 e. The fraction of sp³-hybridized carbons (Fsp3) is 0.579. The highest BCUT2D eigenvalue weighted by Gasteiger charge is 2.21. The zero-order valence-electron chi connectivity index (χ0n) is 16.1. The van der Waals surface area contributed by atoms with Crippen LogP contribution in [0.1, 0.15) is 46.9 Å². The van der Waals surface area contributed by atoms with Gasteiger partial charge in [0.2, 0.25) is 0 Å². The number of aromatic nitrogens is 3. The number of ketones is 1. The summed E-state index contributed by atoms with van der Waals surface area (Å²) in [6, 6.07) is 4.01. The molecule has 0 amide bonds. The number of hydrogen-bond acceptors (Lipinski definition) is 5. The van der Waals surface area contributed by atoms with Gasteiger partial charge in [0.15, 0.2) is 5.78 Å². The quantitative estimate of drug-likeness (QED) is 0.791. The van der Waals surface area contributed by atoms with Gasteiger partial charge in [-0.2, -0.15) is 5.10 Å². The molecule has 2 aromatic heterocycles. The van der Waals surface area contributed by atoms with Crippen LogP contribution < -0.4 is 0 Å². The second-order valence-electron chi connectivity index (χ2n) is 7.51. The molecule has 2 aromatic rings. The van der Waals surface area contributed by atoms with Crippen molar-refractivity contribution < 1.29 is 9.90 Å². The van der Waals surface area contributed by atoms with E-state index in [4.69, 9.17) is 0 Å². The summed E-state index contributed by atoms with van der Waals surface area (Å²) in [5.74, 6) is 0.0975. The Hall–Kier alpha value is -1.96. The molecule has 0 saturated carbocycles. The van der Waals surface area contributed by atoms with Crippen molar-refractivity contribution in [3.63, 3.8) is 0 Å². The first-order chi connectivity index (χ1) is 12.3.